The van der Waals surface area contributed by atoms with Gasteiger partial charge in [-0.1, -0.05) is 24.2 Å². The van der Waals surface area contributed by atoms with Crippen molar-refractivity contribution in [2.45, 2.75) is 6.92 Å². The van der Waals surface area contributed by atoms with Crippen LogP contribution in [-0.4, -0.2) is 18.0 Å². The number of rotatable bonds is 3. The molecule has 27 heavy (non-hydrogen) atoms. The monoisotopic (exact) mass is 450 g/mol. The van der Waals surface area contributed by atoms with Crippen LogP contribution in [0.5, 0.6) is 0 Å². The summed E-state index contributed by atoms with van der Waals surface area (Å²) in [7, 11) is 0. The molecule has 1 aliphatic rings. The summed E-state index contributed by atoms with van der Waals surface area (Å²) in [4.78, 5) is 17.5. The number of aliphatic imine (C=N–C) groups is 1. The van der Waals surface area contributed by atoms with E-state index in [1.54, 1.807) is 23.2 Å². The van der Waals surface area contributed by atoms with Crippen LogP contribution in [0.2, 0.25) is 5.02 Å². The highest BCUT2D eigenvalue weighted by molar-refractivity contribution is 9.10. The lowest BCUT2D eigenvalue weighted by molar-refractivity contribution is -0.112. The number of halogens is 4. The number of ketones is 1. The van der Waals surface area contributed by atoms with Crippen LogP contribution >= 0.6 is 27.5 Å². The van der Waals surface area contributed by atoms with Crippen LogP contribution < -0.4 is 4.90 Å². The number of benzene rings is 2. The number of anilines is 1. The van der Waals surface area contributed by atoms with Crippen molar-refractivity contribution in [1.82, 2.24) is 0 Å². The first-order valence-corrected chi connectivity index (χ1v) is 9.11. The van der Waals surface area contributed by atoms with Crippen molar-refractivity contribution in [3.63, 3.8) is 0 Å². The Morgan fingerprint density at radius 1 is 1.26 bits per heavy atom. The largest absolute Gasteiger partial charge is 0.319 e. The van der Waals surface area contributed by atoms with Gasteiger partial charge >= 0.3 is 0 Å². The quantitative estimate of drug-likeness (QED) is 0.565. The molecule has 0 aromatic heterocycles. The van der Waals surface area contributed by atoms with Gasteiger partial charge < -0.3 is 4.90 Å². The normalized spacial score (nSPS) is 14.2. The smallest absolute Gasteiger partial charge is 0.154 e. The van der Waals surface area contributed by atoms with Gasteiger partial charge in [0.1, 0.15) is 11.6 Å². The Hall–Kier alpha value is -2.31. The van der Waals surface area contributed by atoms with Gasteiger partial charge in [-0.15, -0.1) is 0 Å². The topological polar surface area (TPSA) is 32.7 Å². The summed E-state index contributed by atoms with van der Waals surface area (Å²) in [5, 5.41) is 0.362. The predicted molar refractivity (Wildman–Crippen MR) is 107 cm³/mol. The third-order valence-electron chi connectivity index (χ3n) is 3.99. The Morgan fingerprint density at radius 3 is 2.56 bits per heavy atom. The van der Waals surface area contributed by atoms with Crippen LogP contribution in [0, 0.1) is 11.6 Å². The van der Waals surface area contributed by atoms with Crippen molar-refractivity contribution >= 4 is 44.7 Å². The summed E-state index contributed by atoms with van der Waals surface area (Å²) in [6, 6.07) is 6.98. The van der Waals surface area contributed by atoms with E-state index >= 15 is 0 Å². The van der Waals surface area contributed by atoms with Crippen molar-refractivity contribution in [2.24, 2.45) is 4.99 Å². The van der Waals surface area contributed by atoms with E-state index in [4.69, 9.17) is 11.6 Å². The van der Waals surface area contributed by atoms with Crippen molar-refractivity contribution in [3.05, 3.63) is 87.1 Å². The molecule has 0 aliphatic carbocycles. The van der Waals surface area contributed by atoms with E-state index in [0.717, 1.165) is 0 Å². The summed E-state index contributed by atoms with van der Waals surface area (Å²) < 4.78 is 29.4. The zero-order valence-corrected chi connectivity index (χ0v) is 16.6. The van der Waals surface area contributed by atoms with Gasteiger partial charge in [0.15, 0.2) is 5.78 Å². The van der Waals surface area contributed by atoms with Crippen LogP contribution in [0.1, 0.15) is 18.1 Å². The maximum atomic E-state index is 14.5. The molecule has 1 heterocycles. The molecule has 3 rings (SSSR count). The summed E-state index contributed by atoms with van der Waals surface area (Å²) >= 11 is 9.65. The molecule has 1 aliphatic heterocycles. The number of allylic oxidation sites excluding steroid dienone is 1. The molecule has 7 heteroatoms. The minimum absolute atomic E-state index is 0.0874. The molecule has 0 spiro atoms. The number of benzodiazepines with no additional fused rings is 1. The van der Waals surface area contributed by atoms with Crippen LogP contribution in [0.4, 0.5) is 14.5 Å². The molecule has 3 nitrogen and oxygen atoms in total. The fourth-order valence-electron chi connectivity index (χ4n) is 2.76. The number of hydrogen-bond donors (Lipinski definition) is 0. The van der Waals surface area contributed by atoms with Gasteiger partial charge in [0, 0.05) is 21.9 Å². The van der Waals surface area contributed by atoms with Gasteiger partial charge in [-0.2, -0.15) is 0 Å². The van der Waals surface area contributed by atoms with Gasteiger partial charge in [0.25, 0.3) is 0 Å². The second-order valence-electron chi connectivity index (χ2n) is 5.88. The minimum Gasteiger partial charge on any atom is -0.319 e. The molecule has 0 N–H and O–H groups in total. The summed E-state index contributed by atoms with van der Waals surface area (Å²) in [6.07, 6.45) is 2.94. The maximum Gasteiger partial charge on any atom is 0.154 e. The average molecular weight is 452 g/mol. The lowest BCUT2D eigenvalue weighted by Crippen LogP contribution is -2.18. The average Bonchev–Trinajstić information content (AvgIpc) is 2.74. The summed E-state index contributed by atoms with van der Waals surface area (Å²) in [5.74, 6) is -1.61. The second kappa shape index (κ2) is 7.74. The summed E-state index contributed by atoms with van der Waals surface area (Å²) in [6.45, 7) is 5.49. The SMILES string of the molecule is C=C1CN=C(c2c(F)cccc2F)c2c(ccc(Cl)c2Br)N1/C=C\C(C)=O. The second-order valence-corrected chi connectivity index (χ2v) is 7.08. The molecule has 0 amide bonds. The maximum absolute atomic E-state index is 14.5. The van der Waals surface area contributed by atoms with Gasteiger partial charge in [-0.05, 0) is 53.2 Å². The van der Waals surface area contributed by atoms with E-state index in [1.165, 1.54) is 31.2 Å². The van der Waals surface area contributed by atoms with Gasteiger partial charge in [-0.3, -0.25) is 9.79 Å². The summed E-state index contributed by atoms with van der Waals surface area (Å²) in [5.41, 5.74) is 1.38. The van der Waals surface area contributed by atoms with Crippen LogP contribution in [0.25, 0.3) is 0 Å². The zero-order chi connectivity index (χ0) is 19.7. The van der Waals surface area contributed by atoms with Gasteiger partial charge in [0.2, 0.25) is 0 Å². The highest BCUT2D eigenvalue weighted by Crippen LogP contribution is 2.39. The van der Waals surface area contributed by atoms with Crippen LogP contribution in [0.3, 0.4) is 0 Å². The molecular weight excluding hydrogens is 438 g/mol. The Kier molecular flexibility index (Phi) is 5.58. The number of carbonyl (C=O) groups is 1. The molecule has 2 aromatic rings. The highest BCUT2D eigenvalue weighted by Gasteiger charge is 2.27. The molecule has 0 saturated carbocycles. The highest BCUT2D eigenvalue weighted by atomic mass is 79.9. The molecule has 138 valence electrons. The standard InChI is InChI=1S/C20H14BrClF2N2O/c1-11-10-25-20(17-14(23)4-3-5-15(17)24)18-16(7-6-13(22)19(18)21)26(11)9-8-12(2)27/h3-9H,1,10H2,2H3/b9-8-. The number of fused-ring (bicyclic) bond motifs is 1. The molecule has 0 bridgehead atoms. The lowest BCUT2D eigenvalue weighted by Gasteiger charge is -2.23. The van der Waals surface area contributed by atoms with E-state index in [1.807, 2.05) is 0 Å². The minimum atomic E-state index is -0.732. The number of nitrogens with zero attached hydrogens (tertiary/aromatic N) is 2. The van der Waals surface area contributed by atoms with Gasteiger partial charge in [0.05, 0.1) is 28.5 Å². The van der Waals surface area contributed by atoms with E-state index in [-0.39, 0.29) is 23.6 Å². The Labute approximate surface area is 168 Å². The van der Waals surface area contributed by atoms with E-state index in [9.17, 15) is 13.6 Å². The third-order valence-corrected chi connectivity index (χ3v) is 5.35. The number of hydrogen-bond acceptors (Lipinski definition) is 3. The van der Waals surface area contributed by atoms with Crippen molar-refractivity contribution in [3.8, 4) is 0 Å². The Balaban J connectivity index is 2.32. The first kappa shape index (κ1) is 19.5. The molecule has 0 unspecified atom stereocenters. The van der Waals surface area contributed by atoms with E-state index in [2.05, 4.69) is 27.5 Å². The van der Waals surface area contributed by atoms with E-state index < -0.39 is 11.6 Å². The first-order chi connectivity index (χ1) is 12.8. The molecule has 0 fully saturated rings. The molecule has 0 atom stereocenters. The van der Waals surface area contributed by atoms with Crippen molar-refractivity contribution in [1.29, 1.82) is 0 Å². The van der Waals surface area contributed by atoms with Crippen LogP contribution in [-0.2, 0) is 4.79 Å². The fourth-order valence-corrected chi connectivity index (χ4v) is 3.44. The Bertz CT molecular complexity index is 997. The van der Waals surface area contributed by atoms with Crippen molar-refractivity contribution in [2.75, 3.05) is 11.4 Å². The zero-order valence-electron chi connectivity index (χ0n) is 14.3. The third kappa shape index (κ3) is 3.73. The fraction of sp³-hybridized carbons (Fsp3) is 0.100. The molecule has 0 radical (unpaired) electrons. The molecular formula is C20H14BrClF2N2O. The number of carbonyl (C=O) groups excluding carboxylic acids is 1. The molecule has 0 saturated heterocycles. The predicted octanol–water partition coefficient (Wildman–Crippen LogP) is 5.65. The van der Waals surface area contributed by atoms with E-state index in [0.29, 0.717) is 26.4 Å². The van der Waals surface area contributed by atoms with Crippen molar-refractivity contribution < 1.29 is 13.6 Å². The molecule has 2 aromatic carbocycles. The van der Waals surface area contributed by atoms with Crippen LogP contribution in [0.15, 0.2) is 64.3 Å². The first-order valence-electron chi connectivity index (χ1n) is 7.94. The van der Waals surface area contributed by atoms with Gasteiger partial charge in [-0.25, -0.2) is 8.78 Å². The lowest BCUT2D eigenvalue weighted by atomic mass is 9.99. The Morgan fingerprint density at radius 2 is 1.93 bits per heavy atom.